The van der Waals surface area contributed by atoms with Gasteiger partial charge < -0.3 is 4.57 Å². The van der Waals surface area contributed by atoms with E-state index >= 15 is 0 Å². The summed E-state index contributed by atoms with van der Waals surface area (Å²) in [6, 6.07) is 3.86. The van der Waals surface area contributed by atoms with E-state index in [2.05, 4.69) is 24.8 Å². The molecule has 0 aliphatic carbocycles. The lowest BCUT2D eigenvalue weighted by molar-refractivity contribution is 0.261. The molecule has 2 rings (SSSR count). The van der Waals surface area contributed by atoms with E-state index in [-0.39, 0.29) is 5.56 Å². The smallest absolute Gasteiger partial charge is 0.268 e. The summed E-state index contributed by atoms with van der Waals surface area (Å²) in [5, 5.41) is 9.16. The van der Waals surface area contributed by atoms with E-state index in [0.717, 1.165) is 63.1 Å². The molecule has 108 valence electrons. The third kappa shape index (κ3) is 2.94. The minimum absolute atomic E-state index is 0.104. The Bertz CT molecular complexity index is 568. The third-order valence-corrected chi connectivity index (χ3v) is 4.10. The zero-order chi connectivity index (χ0) is 14.5. The molecule has 0 spiro atoms. The molecule has 4 heteroatoms. The van der Waals surface area contributed by atoms with Gasteiger partial charge in [-0.05, 0) is 24.6 Å². The molecule has 1 aromatic rings. The maximum Gasteiger partial charge on any atom is 0.268 e. The van der Waals surface area contributed by atoms with Crippen LogP contribution in [-0.4, -0.2) is 22.6 Å². The van der Waals surface area contributed by atoms with Crippen LogP contribution in [0.1, 0.15) is 49.9 Å². The molecule has 0 N–H and O–H groups in total. The molecule has 2 heterocycles. The first kappa shape index (κ1) is 14.8. The van der Waals surface area contributed by atoms with Crippen molar-refractivity contribution in [2.45, 2.75) is 52.6 Å². The number of aromatic nitrogens is 1. The molecule has 0 aromatic carbocycles. The van der Waals surface area contributed by atoms with Gasteiger partial charge in [-0.3, -0.25) is 9.69 Å². The summed E-state index contributed by atoms with van der Waals surface area (Å²) >= 11 is 0. The first-order chi connectivity index (χ1) is 9.71. The number of nitriles is 1. The van der Waals surface area contributed by atoms with Crippen molar-refractivity contribution in [3.8, 4) is 6.07 Å². The Balaban J connectivity index is 2.39. The van der Waals surface area contributed by atoms with Gasteiger partial charge in [0, 0.05) is 31.7 Å². The van der Waals surface area contributed by atoms with Crippen LogP contribution >= 0.6 is 0 Å². The van der Waals surface area contributed by atoms with E-state index in [0.29, 0.717) is 5.56 Å². The highest BCUT2D eigenvalue weighted by Gasteiger charge is 2.20. The van der Waals surface area contributed by atoms with Crippen LogP contribution in [0.3, 0.4) is 0 Å². The van der Waals surface area contributed by atoms with Gasteiger partial charge in [-0.1, -0.05) is 26.7 Å². The van der Waals surface area contributed by atoms with Gasteiger partial charge in [-0.2, -0.15) is 5.26 Å². The zero-order valence-corrected chi connectivity index (χ0v) is 12.5. The average Bonchev–Trinajstić information content (AvgIpc) is 2.48. The Morgan fingerprint density at radius 1 is 1.35 bits per heavy atom. The molecule has 0 atom stereocenters. The van der Waals surface area contributed by atoms with E-state index in [1.807, 2.05) is 4.57 Å². The van der Waals surface area contributed by atoms with Crippen molar-refractivity contribution < 1.29 is 0 Å². The molecular formula is C16H23N3O. The molecule has 4 nitrogen and oxygen atoms in total. The molecule has 0 fully saturated rings. The maximum atomic E-state index is 12.3. The molecule has 20 heavy (non-hydrogen) atoms. The fourth-order valence-electron chi connectivity index (χ4n) is 2.88. The van der Waals surface area contributed by atoms with Crippen molar-refractivity contribution in [3.63, 3.8) is 0 Å². The van der Waals surface area contributed by atoms with Crippen LogP contribution in [0.5, 0.6) is 0 Å². The minimum atomic E-state index is -0.104. The van der Waals surface area contributed by atoms with Crippen LogP contribution in [0, 0.1) is 11.3 Å². The van der Waals surface area contributed by atoms with Crippen molar-refractivity contribution in [1.82, 2.24) is 9.47 Å². The highest BCUT2D eigenvalue weighted by Crippen LogP contribution is 2.19. The number of likely N-dealkylation sites (N-methyl/N-ethyl adjacent to an activating group) is 1. The van der Waals surface area contributed by atoms with E-state index in [1.54, 1.807) is 6.07 Å². The number of rotatable bonds is 5. The van der Waals surface area contributed by atoms with Gasteiger partial charge in [-0.15, -0.1) is 0 Å². The maximum absolute atomic E-state index is 12.3. The normalized spacial score (nSPS) is 14.8. The fourth-order valence-corrected chi connectivity index (χ4v) is 2.88. The molecule has 0 saturated heterocycles. The minimum Gasteiger partial charge on any atom is -0.311 e. The Morgan fingerprint density at radius 3 is 2.80 bits per heavy atom. The summed E-state index contributed by atoms with van der Waals surface area (Å²) in [5.41, 5.74) is 2.49. The lowest BCUT2D eigenvalue weighted by Gasteiger charge is -2.29. The van der Waals surface area contributed by atoms with Crippen LogP contribution in [0.4, 0.5) is 0 Å². The Kier molecular flexibility index (Phi) is 4.97. The van der Waals surface area contributed by atoms with Crippen LogP contribution in [-0.2, 0) is 19.5 Å². The highest BCUT2D eigenvalue weighted by atomic mass is 16.1. The van der Waals surface area contributed by atoms with Gasteiger partial charge >= 0.3 is 0 Å². The predicted octanol–water partition coefficient (Wildman–Crippen LogP) is 2.29. The van der Waals surface area contributed by atoms with Crippen molar-refractivity contribution in [2.75, 3.05) is 13.1 Å². The van der Waals surface area contributed by atoms with Gasteiger partial charge in [0.15, 0.2) is 0 Å². The Morgan fingerprint density at radius 2 is 2.15 bits per heavy atom. The standard InChI is InChI=1S/C16H23N3O/c1-3-5-6-8-19-15-7-9-18(4-2)12-14(15)10-13(11-17)16(19)20/h10H,3-9,12H2,1-2H3. The SMILES string of the molecule is CCCCCn1c2c(cc(C#N)c1=O)CN(CC)CC2. The second-order valence-electron chi connectivity index (χ2n) is 5.42. The summed E-state index contributed by atoms with van der Waals surface area (Å²) in [5.74, 6) is 0. The van der Waals surface area contributed by atoms with Crippen molar-refractivity contribution in [1.29, 1.82) is 5.26 Å². The lowest BCUT2D eigenvalue weighted by Crippen LogP contribution is -2.36. The molecule has 0 radical (unpaired) electrons. The number of hydrogen-bond donors (Lipinski definition) is 0. The number of unbranched alkanes of at least 4 members (excludes halogenated alkanes) is 2. The van der Waals surface area contributed by atoms with Crippen LogP contribution in [0.15, 0.2) is 10.9 Å². The third-order valence-electron chi connectivity index (χ3n) is 4.10. The lowest BCUT2D eigenvalue weighted by atomic mass is 10.0. The molecule has 0 amide bonds. The summed E-state index contributed by atoms with van der Waals surface area (Å²) < 4.78 is 1.86. The van der Waals surface area contributed by atoms with Gasteiger partial charge in [0.2, 0.25) is 0 Å². The van der Waals surface area contributed by atoms with Gasteiger partial charge in [0.05, 0.1) is 0 Å². The van der Waals surface area contributed by atoms with Crippen LogP contribution in [0.25, 0.3) is 0 Å². The summed E-state index contributed by atoms with van der Waals surface area (Å²) in [6.45, 7) is 7.92. The average molecular weight is 273 g/mol. The fraction of sp³-hybridized carbons (Fsp3) is 0.625. The molecule has 1 aliphatic rings. The largest absolute Gasteiger partial charge is 0.311 e. The van der Waals surface area contributed by atoms with Gasteiger partial charge in [-0.25, -0.2) is 0 Å². The Hall–Kier alpha value is -1.60. The zero-order valence-electron chi connectivity index (χ0n) is 12.5. The van der Waals surface area contributed by atoms with E-state index in [9.17, 15) is 4.79 Å². The quantitative estimate of drug-likeness (QED) is 0.773. The van der Waals surface area contributed by atoms with Gasteiger partial charge in [0.1, 0.15) is 11.6 Å². The molecule has 1 aliphatic heterocycles. The molecule has 0 unspecified atom stereocenters. The first-order valence-electron chi connectivity index (χ1n) is 7.59. The van der Waals surface area contributed by atoms with Crippen LogP contribution in [0.2, 0.25) is 0 Å². The van der Waals surface area contributed by atoms with Crippen molar-refractivity contribution in [2.24, 2.45) is 0 Å². The predicted molar refractivity (Wildman–Crippen MR) is 79.6 cm³/mol. The number of nitrogens with zero attached hydrogens (tertiary/aromatic N) is 3. The van der Waals surface area contributed by atoms with Crippen molar-refractivity contribution >= 4 is 0 Å². The van der Waals surface area contributed by atoms with E-state index in [4.69, 9.17) is 5.26 Å². The van der Waals surface area contributed by atoms with E-state index < -0.39 is 0 Å². The van der Waals surface area contributed by atoms with E-state index in [1.165, 1.54) is 0 Å². The number of fused-ring (bicyclic) bond motifs is 1. The molecule has 0 bridgehead atoms. The highest BCUT2D eigenvalue weighted by molar-refractivity contribution is 5.35. The first-order valence-corrected chi connectivity index (χ1v) is 7.59. The van der Waals surface area contributed by atoms with Crippen molar-refractivity contribution in [3.05, 3.63) is 33.2 Å². The summed E-state index contributed by atoms with van der Waals surface area (Å²) in [4.78, 5) is 14.7. The Labute approximate surface area is 120 Å². The van der Waals surface area contributed by atoms with Gasteiger partial charge in [0.25, 0.3) is 5.56 Å². The second-order valence-corrected chi connectivity index (χ2v) is 5.42. The number of pyridine rings is 1. The molecular weight excluding hydrogens is 250 g/mol. The second kappa shape index (κ2) is 6.71. The number of hydrogen-bond acceptors (Lipinski definition) is 3. The topological polar surface area (TPSA) is 49.0 Å². The summed E-state index contributed by atoms with van der Waals surface area (Å²) in [6.07, 6.45) is 4.18. The molecule has 1 aromatic heterocycles. The monoisotopic (exact) mass is 273 g/mol. The van der Waals surface area contributed by atoms with Crippen LogP contribution < -0.4 is 5.56 Å². The molecule has 0 saturated carbocycles. The summed E-state index contributed by atoms with van der Waals surface area (Å²) in [7, 11) is 0.